The SMILES string of the molecule is CCN(CC)c1ccc(C2c3sc(=O)n(CC(=O)N4CCOCC4)c3SC3C(=O)N(c4ccccc4C(F)(F)F)C(=O)C32)cc1. The second-order valence-corrected chi connectivity index (χ2v) is 13.1. The van der Waals surface area contributed by atoms with Gasteiger partial charge in [0.05, 0.1) is 35.4 Å². The fraction of sp³-hybridized carbons (Fsp3) is 0.419. The highest BCUT2D eigenvalue weighted by molar-refractivity contribution is 8.00. The number of hydrogen-bond acceptors (Lipinski definition) is 8. The maximum absolute atomic E-state index is 14.1. The van der Waals surface area contributed by atoms with E-state index in [1.54, 1.807) is 4.90 Å². The molecule has 0 aliphatic carbocycles. The monoisotopic (exact) mass is 660 g/mol. The number of fused-ring (bicyclic) bond motifs is 2. The van der Waals surface area contributed by atoms with E-state index in [9.17, 15) is 32.3 Å². The topological polar surface area (TPSA) is 92.2 Å². The molecule has 3 amide bonds. The fourth-order valence-electron chi connectivity index (χ4n) is 6.29. The lowest BCUT2D eigenvalue weighted by molar-refractivity contribution is -0.137. The molecule has 6 rings (SSSR count). The zero-order chi connectivity index (χ0) is 32.0. The minimum absolute atomic E-state index is 0.259. The zero-order valence-corrected chi connectivity index (χ0v) is 26.2. The largest absolute Gasteiger partial charge is 0.418 e. The summed E-state index contributed by atoms with van der Waals surface area (Å²) in [7, 11) is 0. The van der Waals surface area contributed by atoms with Crippen molar-refractivity contribution >= 4 is 52.2 Å². The Balaban J connectivity index is 1.45. The first-order valence-corrected chi connectivity index (χ1v) is 16.4. The molecule has 9 nitrogen and oxygen atoms in total. The second kappa shape index (κ2) is 12.3. The molecule has 45 heavy (non-hydrogen) atoms. The number of hydrogen-bond donors (Lipinski definition) is 0. The number of rotatable bonds is 7. The van der Waals surface area contributed by atoms with Crippen molar-refractivity contribution in [3.05, 3.63) is 74.2 Å². The summed E-state index contributed by atoms with van der Waals surface area (Å²) in [5, 5.41) is -0.713. The number of thioether (sulfide) groups is 1. The number of nitrogens with zero attached hydrogens (tertiary/aromatic N) is 4. The van der Waals surface area contributed by atoms with Crippen LogP contribution in [-0.2, 0) is 31.8 Å². The third kappa shape index (κ3) is 5.57. The van der Waals surface area contributed by atoms with Crippen molar-refractivity contribution in [1.29, 1.82) is 0 Å². The standard InChI is InChI=1S/C31H31F3N4O5S2/c1-3-35(4-2)19-11-9-18(10-12-19)23-24-25(28(41)38(27(24)40)21-8-6-5-7-20(21)31(32,33)34)44-29-26(23)45-30(42)37(29)17-22(39)36-13-15-43-16-14-36/h5-12,23-25H,3-4,13-17H2,1-2H3. The van der Waals surface area contributed by atoms with E-state index in [4.69, 9.17) is 4.74 Å². The van der Waals surface area contributed by atoms with Gasteiger partial charge in [-0.1, -0.05) is 47.4 Å². The van der Waals surface area contributed by atoms with E-state index in [1.165, 1.54) is 16.7 Å². The number of para-hydroxylation sites is 1. The highest BCUT2D eigenvalue weighted by Gasteiger charge is 2.57. The third-order valence-electron chi connectivity index (χ3n) is 8.54. The van der Waals surface area contributed by atoms with Gasteiger partial charge in [0.15, 0.2) is 0 Å². The molecule has 3 aromatic rings. The van der Waals surface area contributed by atoms with Crippen LogP contribution in [0.1, 0.15) is 35.8 Å². The molecule has 14 heteroatoms. The average molecular weight is 661 g/mol. The molecule has 0 N–H and O–H groups in total. The summed E-state index contributed by atoms with van der Waals surface area (Å²) in [6.45, 7) is 6.89. The van der Waals surface area contributed by atoms with Gasteiger partial charge in [0.25, 0.3) is 0 Å². The van der Waals surface area contributed by atoms with Crippen LogP contribution in [0.5, 0.6) is 0 Å². The van der Waals surface area contributed by atoms with Crippen LogP contribution in [-0.4, -0.2) is 71.8 Å². The molecule has 0 spiro atoms. The van der Waals surface area contributed by atoms with Crippen molar-refractivity contribution in [1.82, 2.24) is 9.47 Å². The minimum Gasteiger partial charge on any atom is -0.378 e. The molecule has 0 saturated carbocycles. The van der Waals surface area contributed by atoms with Gasteiger partial charge in [-0.25, -0.2) is 4.90 Å². The number of aromatic nitrogens is 1. The average Bonchev–Trinajstić information content (AvgIpc) is 3.48. The maximum atomic E-state index is 14.1. The van der Waals surface area contributed by atoms with Crippen molar-refractivity contribution in [3.63, 3.8) is 0 Å². The number of morpholine rings is 1. The lowest BCUT2D eigenvalue weighted by Gasteiger charge is -2.31. The first kappa shape index (κ1) is 31.4. The van der Waals surface area contributed by atoms with Crippen molar-refractivity contribution < 1.29 is 32.3 Å². The maximum Gasteiger partial charge on any atom is 0.418 e. The lowest BCUT2D eigenvalue weighted by Crippen LogP contribution is -2.43. The molecule has 1 aromatic heterocycles. The third-order valence-corrected chi connectivity index (χ3v) is 11.1. The number of amides is 3. The Labute approximate surface area is 265 Å². The molecule has 3 aliphatic heterocycles. The van der Waals surface area contributed by atoms with Gasteiger partial charge in [-0.05, 0) is 43.7 Å². The number of carbonyl (C=O) groups is 3. The number of benzene rings is 2. The van der Waals surface area contributed by atoms with Gasteiger partial charge in [0.1, 0.15) is 11.8 Å². The Morgan fingerprint density at radius 1 is 0.978 bits per heavy atom. The van der Waals surface area contributed by atoms with Crippen LogP contribution >= 0.6 is 23.1 Å². The number of thiazole rings is 1. The van der Waals surface area contributed by atoms with E-state index < -0.39 is 51.2 Å². The summed E-state index contributed by atoms with van der Waals surface area (Å²) in [6.07, 6.45) is -4.79. The predicted octanol–water partition coefficient (Wildman–Crippen LogP) is 4.43. The molecule has 2 saturated heterocycles. The molecule has 2 fully saturated rings. The Kier molecular flexibility index (Phi) is 8.57. The van der Waals surface area contributed by atoms with E-state index in [1.807, 2.05) is 38.1 Å². The highest BCUT2D eigenvalue weighted by atomic mass is 32.2. The summed E-state index contributed by atoms with van der Waals surface area (Å²) >= 11 is 1.88. The van der Waals surface area contributed by atoms with Gasteiger partial charge in [0, 0.05) is 42.7 Å². The molecular formula is C31H31F3N4O5S2. The first-order chi connectivity index (χ1) is 21.5. The number of ether oxygens (including phenoxy) is 1. The highest BCUT2D eigenvalue weighted by Crippen LogP contribution is 2.54. The zero-order valence-electron chi connectivity index (χ0n) is 24.6. The van der Waals surface area contributed by atoms with Crippen molar-refractivity contribution in [2.24, 2.45) is 5.92 Å². The van der Waals surface area contributed by atoms with Gasteiger partial charge in [-0.15, -0.1) is 0 Å². The van der Waals surface area contributed by atoms with E-state index in [2.05, 4.69) is 4.90 Å². The second-order valence-electron chi connectivity index (χ2n) is 10.9. The summed E-state index contributed by atoms with van der Waals surface area (Å²) in [6, 6.07) is 12.0. The molecule has 0 bridgehead atoms. The fourth-order valence-corrected chi connectivity index (χ4v) is 9.06. The van der Waals surface area contributed by atoms with E-state index in [0.29, 0.717) is 46.7 Å². The minimum atomic E-state index is -4.79. The summed E-state index contributed by atoms with van der Waals surface area (Å²) < 4.78 is 48.8. The molecular weight excluding hydrogens is 629 g/mol. The van der Waals surface area contributed by atoms with Crippen LogP contribution < -0.4 is 14.7 Å². The van der Waals surface area contributed by atoms with Crippen LogP contribution in [0.15, 0.2) is 58.4 Å². The smallest absolute Gasteiger partial charge is 0.378 e. The Morgan fingerprint density at radius 2 is 1.64 bits per heavy atom. The van der Waals surface area contributed by atoms with Crippen LogP contribution in [0.25, 0.3) is 0 Å². The van der Waals surface area contributed by atoms with Crippen molar-refractivity contribution in [2.75, 3.05) is 49.2 Å². The van der Waals surface area contributed by atoms with Crippen molar-refractivity contribution in [3.8, 4) is 0 Å². The van der Waals surface area contributed by atoms with Crippen LogP contribution in [0.2, 0.25) is 0 Å². The molecule has 238 valence electrons. The van der Waals surface area contributed by atoms with Crippen molar-refractivity contribution in [2.45, 2.75) is 42.8 Å². The lowest BCUT2D eigenvalue weighted by atomic mass is 9.83. The summed E-state index contributed by atoms with van der Waals surface area (Å²) in [4.78, 5) is 59.2. The molecule has 0 radical (unpaired) electrons. The number of carbonyl (C=O) groups excluding carboxylic acids is 3. The number of halogens is 3. The first-order valence-electron chi connectivity index (χ1n) is 14.7. The molecule has 2 aromatic carbocycles. The van der Waals surface area contributed by atoms with Crippen LogP contribution in [0, 0.1) is 5.92 Å². The van der Waals surface area contributed by atoms with E-state index in [0.717, 1.165) is 54.0 Å². The number of anilines is 2. The van der Waals surface area contributed by atoms with Gasteiger partial charge in [-0.2, -0.15) is 13.2 Å². The molecule has 3 aliphatic rings. The Bertz CT molecular complexity index is 1680. The Hall–Kier alpha value is -3.62. The molecule has 3 unspecified atom stereocenters. The van der Waals surface area contributed by atoms with Crippen LogP contribution in [0.3, 0.4) is 0 Å². The Morgan fingerprint density at radius 3 is 2.29 bits per heavy atom. The molecule has 3 atom stereocenters. The van der Waals surface area contributed by atoms with Gasteiger partial charge in [-0.3, -0.25) is 23.7 Å². The predicted molar refractivity (Wildman–Crippen MR) is 165 cm³/mol. The van der Waals surface area contributed by atoms with E-state index in [-0.39, 0.29) is 12.5 Å². The normalized spacial score (nSPS) is 21.6. The van der Waals surface area contributed by atoms with Gasteiger partial charge in [0.2, 0.25) is 17.7 Å². The molecule has 4 heterocycles. The number of imide groups is 1. The van der Waals surface area contributed by atoms with Crippen LogP contribution in [0.4, 0.5) is 24.5 Å². The summed E-state index contributed by atoms with van der Waals surface area (Å²) in [5.41, 5.74) is -0.00303. The van der Waals surface area contributed by atoms with Gasteiger partial charge < -0.3 is 14.5 Å². The summed E-state index contributed by atoms with van der Waals surface area (Å²) in [5.74, 6) is -3.66. The quantitative estimate of drug-likeness (QED) is 0.347. The number of alkyl halides is 3. The van der Waals surface area contributed by atoms with Gasteiger partial charge >= 0.3 is 11.0 Å². The van der Waals surface area contributed by atoms with E-state index >= 15 is 0 Å².